The molecule has 0 fully saturated rings. The molecule has 212 valence electrons. The highest BCUT2D eigenvalue weighted by Crippen LogP contribution is 2.39. The largest absolute Gasteiger partial charge is 0.453 e. The van der Waals surface area contributed by atoms with Crippen LogP contribution in [-0.4, -0.2) is 22.4 Å². The summed E-state index contributed by atoms with van der Waals surface area (Å²) in [5.41, 5.74) is 8.62. The first kappa shape index (κ1) is 25.1. The number of nitrogens with one attached hydrogen (secondary N) is 1. The number of aliphatic imine (C=N–C) groups is 2. The van der Waals surface area contributed by atoms with Crippen molar-refractivity contribution < 1.29 is 4.42 Å². The molecular formula is C39H30N4O. The summed E-state index contributed by atoms with van der Waals surface area (Å²) in [4.78, 5) is 10.3. The van der Waals surface area contributed by atoms with Crippen molar-refractivity contribution in [3.8, 4) is 5.69 Å². The molecule has 3 aliphatic rings. The van der Waals surface area contributed by atoms with Gasteiger partial charge in [0, 0.05) is 38.9 Å². The topological polar surface area (TPSA) is 54.8 Å². The van der Waals surface area contributed by atoms with Crippen LogP contribution in [-0.2, 0) is 6.42 Å². The van der Waals surface area contributed by atoms with Crippen LogP contribution in [0.1, 0.15) is 35.2 Å². The Morgan fingerprint density at radius 3 is 2.41 bits per heavy atom. The number of para-hydroxylation sites is 3. The molecule has 1 N–H and O–H groups in total. The summed E-state index contributed by atoms with van der Waals surface area (Å²) in [6, 6.07) is 31.9. The van der Waals surface area contributed by atoms with Crippen molar-refractivity contribution in [2.75, 3.05) is 0 Å². The molecule has 2 atom stereocenters. The van der Waals surface area contributed by atoms with E-state index in [4.69, 9.17) is 14.4 Å². The van der Waals surface area contributed by atoms with E-state index in [0.29, 0.717) is 0 Å². The van der Waals surface area contributed by atoms with Crippen molar-refractivity contribution in [2.45, 2.75) is 25.4 Å². The van der Waals surface area contributed by atoms with Crippen LogP contribution in [0.4, 0.5) is 0 Å². The number of nitrogens with zero attached hydrogens (tertiary/aromatic N) is 3. The first-order valence-electron chi connectivity index (χ1n) is 15.4. The predicted molar refractivity (Wildman–Crippen MR) is 181 cm³/mol. The number of benzene rings is 4. The van der Waals surface area contributed by atoms with Gasteiger partial charge in [0.1, 0.15) is 17.3 Å². The Bertz CT molecular complexity index is 2240. The summed E-state index contributed by atoms with van der Waals surface area (Å²) in [5.74, 6) is 1.81. The third-order valence-electron chi connectivity index (χ3n) is 9.05. The van der Waals surface area contributed by atoms with Gasteiger partial charge in [-0.15, -0.1) is 0 Å². The highest BCUT2D eigenvalue weighted by molar-refractivity contribution is 6.21. The number of hydrogen-bond donors (Lipinski definition) is 1. The van der Waals surface area contributed by atoms with Crippen molar-refractivity contribution in [1.82, 2.24) is 9.88 Å². The van der Waals surface area contributed by atoms with Gasteiger partial charge in [0.2, 0.25) is 0 Å². The SMILES string of the molecule is C1=CCC(C2N=C(c3ccccc3)NC(c3cccc4c3oc3c(-n5c6c(c7ccccc75)C=CCC6)cccc34)=N2)C=C1. The highest BCUT2D eigenvalue weighted by Gasteiger charge is 2.27. The van der Waals surface area contributed by atoms with Crippen LogP contribution in [0.2, 0.25) is 0 Å². The zero-order chi connectivity index (χ0) is 29.0. The van der Waals surface area contributed by atoms with E-state index in [1.165, 1.54) is 22.2 Å². The summed E-state index contributed by atoms with van der Waals surface area (Å²) in [6.07, 6.45) is 15.9. The van der Waals surface area contributed by atoms with Crippen molar-refractivity contribution in [2.24, 2.45) is 15.9 Å². The van der Waals surface area contributed by atoms with E-state index in [2.05, 4.69) is 119 Å². The van der Waals surface area contributed by atoms with Gasteiger partial charge in [0.25, 0.3) is 0 Å². The molecule has 5 heteroatoms. The maximum Gasteiger partial charge on any atom is 0.159 e. The van der Waals surface area contributed by atoms with Crippen LogP contribution in [0.25, 0.3) is 44.6 Å². The molecule has 0 spiro atoms. The van der Waals surface area contributed by atoms with E-state index >= 15 is 0 Å². The fraction of sp³-hybridized carbons (Fsp3) is 0.128. The average Bonchev–Trinajstić information content (AvgIpc) is 3.65. The van der Waals surface area contributed by atoms with Crippen molar-refractivity contribution in [1.29, 1.82) is 0 Å². The second kappa shape index (κ2) is 10.1. The fourth-order valence-corrected chi connectivity index (χ4v) is 6.98. The molecule has 2 unspecified atom stereocenters. The summed E-state index contributed by atoms with van der Waals surface area (Å²) in [5, 5.41) is 7.04. The Morgan fingerprint density at radius 2 is 1.52 bits per heavy atom. The molecule has 3 heterocycles. The van der Waals surface area contributed by atoms with Gasteiger partial charge < -0.3 is 14.3 Å². The first-order chi connectivity index (χ1) is 21.8. The third-order valence-corrected chi connectivity index (χ3v) is 9.05. The van der Waals surface area contributed by atoms with E-state index in [9.17, 15) is 0 Å². The number of hydrogen-bond acceptors (Lipinski definition) is 4. The molecular weight excluding hydrogens is 540 g/mol. The smallest absolute Gasteiger partial charge is 0.159 e. The Hall–Kier alpha value is -5.42. The van der Waals surface area contributed by atoms with E-state index in [-0.39, 0.29) is 12.1 Å². The van der Waals surface area contributed by atoms with Crippen LogP contribution in [0, 0.1) is 5.92 Å². The lowest BCUT2D eigenvalue weighted by Gasteiger charge is -2.26. The lowest BCUT2D eigenvalue weighted by atomic mass is 9.97. The zero-order valence-corrected chi connectivity index (χ0v) is 24.2. The van der Waals surface area contributed by atoms with Crippen LogP contribution in [0.15, 0.2) is 136 Å². The zero-order valence-electron chi connectivity index (χ0n) is 24.2. The molecule has 0 radical (unpaired) electrons. The van der Waals surface area contributed by atoms with Crippen LogP contribution in [0.5, 0.6) is 0 Å². The molecule has 9 rings (SSSR count). The molecule has 0 amide bonds. The van der Waals surface area contributed by atoms with Crippen LogP contribution >= 0.6 is 0 Å². The number of aromatic nitrogens is 1. The van der Waals surface area contributed by atoms with E-state index < -0.39 is 0 Å². The Labute approximate surface area is 255 Å². The van der Waals surface area contributed by atoms with E-state index in [0.717, 1.165) is 69.7 Å². The molecule has 0 saturated carbocycles. The predicted octanol–water partition coefficient (Wildman–Crippen LogP) is 8.74. The van der Waals surface area contributed by atoms with Crippen molar-refractivity contribution >= 4 is 50.6 Å². The summed E-state index contributed by atoms with van der Waals surface area (Å²) >= 11 is 0. The molecule has 0 bridgehead atoms. The number of furan rings is 1. The monoisotopic (exact) mass is 570 g/mol. The summed E-state index contributed by atoms with van der Waals surface area (Å²) < 4.78 is 9.34. The highest BCUT2D eigenvalue weighted by atomic mass is 16.3. The molecule has 2 aromatic heterocycles. The second-order valence-corrected chi connectivity index (χ2v) is 11.7. The van der Waals surface area contributed by atoms with E-state index in [1.807, 2.05) is 18.2 Å². The lowest BCUT2D eigenvalue weighted by Crippen LogP contribution is -2.39. The number of fused-ring (bicyclic) bond motifs is 6. The van der Waals surface area contributed by atoms with Gasteiger partial charge in [-0.3, -0.25) is 0 Å². The lowest BCUT2D eigenvalue weighted by molar-refractivity contribution is 0.517. The van der Waals surface area contributed by atoms with Gasteiger partial charge >= 0.3 is 0 Å². The number of rotatable bonds is 4. The van der Waals surface area contributed by atoms with Gasteiger partial charge in [-0.25, -0.2) is 9.98 Å². The minimum atomic E-state index is -0.233. The Balaban J connectivity index is 1.23. The number of amidine groups is 2. The van der Waals surface area contributed by atoms with Crippen LogP contribution < -0.4 is 5.32 Å². The fourth-order valence-electron chi connectivity index (χ4n) is 6.98. The maximum absolute atomic E-state index is 6.93. The maximum atomic E-state index is 6.93. The van der Waals surface area contributed by atoms with Crippen molar-refractivity contribution in [3.63, 3.8) is 0 Å². The first-order valence-corrected chi connectivity index (χ1v) is 15.4. The Kier molecular flexibility index (Phi) is 5.76. The Morgan fingerprint density at radius 1 is 0.727 bits per heavy atom. The van der Waals surface area contributed by atoms with Crippen molar-refractivity contribution in [3.05, 3.63) is 144 Å². The molecule has 2 aliphatic carbocycles. The average molecular weight is 571 g/mol. The standard InChI is InChI=1S/C39H30N4O/c1-3-13-25(14-4-1)37-40-38(26-15-5-2-6-16-26)42-39(41-37)31-21-11-19-29-30-20-12-24-34(36(30)44-35(29)31)43-32-22-9-7-17-27(32)28-18-8-10-23-33(28)43/h1-9,11-15,17-22,24,26,38H,10,16,23H2,(H,40,41,42). The second-order valence-electron chi connectivity index (χ2n) is 11.7. The molecule has 5 nitrogen and oxygen atoms in total. The van der Waals surface area contributed by atoms with Gasteiger partial charge in [0.15, 0.2) is 11.7 Å². The van der Waals surface area contributed by atoms with Crippen LogP contribution in [0.3, 0.4) is 0 Å². The van der Waals surface area contributed by atoms with E-state index in [1.54, 1.807) is 0 Å². The minimum absolute atomic E-state index is 0.194. The minimum Gasteiger partial charge on any atom is -0.453 e. The molecule has 0 saturated heterocycles. The number of allylic oxidation sites excluding steroid dienone is 4. The van der Waals surface area contributed by atoms with Gasteiger partial charge in [0.05, 0.1) is 16.8 Å². The third kappa shape index (κ3) is 3.93. The molecule has 6 aromatic rings. The van der Waals surface area contributed by atoms with Gasteiger partial charge in [-0.2, -0.15) is 0 Å². The van der Waals surface area contributed by atoms with Gasteiger partial charge in [-0.1, -0.05) is 109 Å². The molecule has 1 aliphatic heterocycles. The summed E-state index contributed by atoms with van der Waals surface area (Å²) in [7, 11) is 0. The normalized spacial score (nSPS) is 19.3. The molecule has 4 aromatic carbocycles. The molecule has 44 heavy (non-hydrogen) atoms. The summed E-state index contributed by atoms with van der Waals surface area (Å²) in [6.45, 7) is 0. The quantitative estimate of drug-likeness (QED) is 0.230. The van der Waals surface area contributed by atoms with Gasteiger partial charge in [-0.05, 0) is 37.5 Å².